The summed E-state index contributed by atoms with van der Waals surface area (Å²) in [7, 11) is 0. The maximum absolute atomic E-state index is 13.5. The number of phenols is 4. The van der Waals surface area contributed by atoms with E-state index in [2.05, 4.69) is 0 Å². The van der Waals surface area contributed by atoms with Crippen LogP contribution in [0.1, 0.15) is 42.0 Å². The lowest BCUT2D eigenvalue weighted by Gasteiger charge is -2.57. The summed E-state index contributed by atoms with van der Waals surface area (Å²) < 4.78 is 17.8. The van der Waals surface area contributed by atoms with Gasteiger partial charge < -0.3 is 50.0 Å². The maximum Gasteiger partial charge on any atom is 0.336 e. The quantitative estimate of drug-likeness (QED) is 0.0924. The molecule has 5 rings (SSSR count). The van der Waals surface area contributed by atoms with Crippen LogP contribution in [0.2, 0.25) is 0 Å². The Hall–Kier alpha value is -5.37. The zero-order chi connectivity index (χ0) is 36.2. The molecule has 0 spiro atoms. The first-order valence-electron chi connectivity index (χ1n) is 15.9. The molecule has 0 unspecified atom stereocenters. The molecule has 2 aliphatic rings. The van der Waals surface area contributed by atoms with E-state index in [0.29, 0.717) is 23.1 Å². The summed E-state index contributed by atoms with van der Waals surface area (Å²) in [5.74, 6) is -6.87. The molecular weight excluding hydrogens is 652 g/mol. The van der Waals surface area contributed by atoms with Crippen molar-refractivity contribution in [2.24, 2.45) is 5.92 Å². The smallest absolute Gasteiger partial charge is 0.336 e. The summed E-state index contributed by atoms with van der Waals surface area (Å²) >= 11 is 0. The highest BCUT2D eigenvalue weighted by atomic mass is 16.6. The SMILES string of the molecule is CCc1cccc(C[C@@H]2[C@@H](OC(=O)/C=C/c3ccc(O)c(O)c3)[C@]3(OC(=O)/C=C/c4ccc(O)c(O)c4)[C@H](O)CCO[C@@H]3C[C@]2(O)C(=O)O)c1. The molecule has 3 aromatic carbocycles. The lowest BCUT2D eigenvalue weighted by atomic mass is 9.60. The number of aromatic hydroxyl groups is 4. The number of aliphatic carboxylic acids is 1. The molecule has 1 saturated carbocycles. The number of carboxylic acids is 1. The molecule has 0 amide bonds. The van der Waals surface area contributed by atoms with Gasteiger partial charge >= 0.3 is 17.9 Å². The number of carbonyl (C=O) groups excluding carboxylic acids is 2. The van der Waals surface area contributed by atoms with E-state index in [-0.39, 0.29) is 30.9 Å². The Labute approximate surface area is 286 Å². The largest absolute Gasteiger partial charge is 0.504 e. The number of carboxylic acid groups (broad SMARTS) is 1. The molecule has 1 aliphatic carbocycles. The molecule has 13 heteroatoms. The first-order valence-corrected chi connectivity index (χ1v) is 15.9. The Morgan fingerprint density at radius 2 is 1.46 bits per heavy atom. The van der Waals surface area contributed by atoms with Crippen LogP contribution in [-0.4, -0.2) is 89.8 Å². The topological polar surface area (TPSA) is 221 Å². The number of fused-ring (bicyclic) bond motifs is 1. The number of esters is 2. The summed E-state index contributed by atoms with van der Waals surface area (Å²) in [5.41, 5.74) is -2.69. The number of aliphatic hydroxyl groups is 2. The van der Waals surface area contributed by atoms with Gasteiger partial charge in [-0.1, -0.05) is 43.3 Å². The fourth-order valence-electron chi connectivity index (χ4n) is 6.59. The van der Waals surface area contributed by atoms with Gasteiger partial charge in [0.2, 0.25) is 5.60 Å². The third-order valence-electron chi connectivity index (χ3n) is 9.22. The first-order chi connectivity index (χ1) is 23.8. The normalized spacial score (nSPS) is 26.4. The van der Waals surface area contributed by atoms with Crippen molar-refractivity contribution in [1.82, 2.24) is 0 Å². The van der Waals surface area contributed by atoms with Crippen molar-refractivity contribution < 1.29 is 64.3 Å². The number of aryl methyl sites for hydroxylation is 1. The molecule has 3 aromatic rings. The molecule has 0 bridgehead atoms. The van der Waals surface area contributed by atoms with Crippen molar-refractivity contribution in [3.05, 3.63) is 95.1 Å². The molecule has 50 heavy (non-hydrogen) atoms. The van der Waals surface area contributed by atoms with Crippen LogP contribution in [0.15, 0.2) is 72.8 Å². The third-order valence-corrected chi connectivity index (χ3v) is 9.22. The van der Waals surface area contributed by atoms with Crippen LogP contribution in [0, 0.1) is 5.92 Å². The molecule has 264 valence electrons. The van der Waals surface area contributed by atoms with Gasteiger partial charge in [-0.2, -0.15) is 0 Å². The molecular formula is C37H38O13. The van der Waals surface area contributed by atoms with Crippen molar-refractivity contribution in [3.8, 4) is 23.0 Å². The molecule has 0 radical (unpaired) electrons. The predicted molar refractivity (Wildman–Crippen MR) is 177 cm³/mol. The number of hydrogen-bond donors (Lipinski definition) is 7. The monoisotopic (exact) mass is 690 g/mol. The molecule has 1 heterocycles. The van der Waals surface area contributed by atoms with Crippen molar-refractivity contribution in [2.75, 3.05) is 6.61 Å². The number of benzene rings is 3. The lowest BCUT2D eigenvalue weighted by Crippen LogP contribution is -2.76. The molecule has 0 aromatic heterocycles. The van der Waals surface area contributed by atoms with E-state index >= 15 is 0 Å². The van der Waals surface area contributed by atoms with Crippen LogP contribution in [0.3, 0.4) is 0 Å². The van der Waals surface area contributed by atoms with Gasteiger partial charge in [0, 0.05) is 37.5 Å². The number of rotatable bonds is 10. The fourth-order valence-corrected chi connectivity index (χ4v) is 6.59. The van der Waals surface area contributed by atoms with Gasteiger partial charge in [0.1, 0.15) is 12.2 Å². The average Bonchev–Trinajstić information content (AvgIpc) is 3.08. The van der Waals surface area contributed by atoms with Gasteiger partial charge in [-0.05, 0) is 71.5 Å². The van der Waals surface area contributed by atoms with Crippen molar-refractivity contribution in [1.29, 1.82) is 0 Å². The Morgan fingerprint density at radius 3 is 2.04 bits per heavy atom. The van der Waals surface area contributed by atoms with Crippen molar-refractivity contribution in [3.63, 3.8) is 0 Å². The van der Waals surface area contributed by atoms with Crippen molar-refractivity contribution >= 4 is 30.1 Å². The lowest BCUT2D eigenvalue weighted by molar-refractivity contribution is -0.305. The minimum Gasteiger partial charge on any atom is -0.504 e. The third kappa shape index (κ3) is 7.30. The predicted octanol–water partition coefficient (Wildman–Crippen LogP) is 3.22. The van der Waals surface area contributed by atoms with Gasteiger partial charge in [-0.25, -0.2) is 14.4 Å². The first kappa shape index (κ1) is 35.9. The van der Waals surface area contributed by atoms with Crippen LogP contribution in [0.5, 0.6) is 23.0 Å². The number of phenolic OH excluding ortho intramolecular Hbond substituents is 4. The summed E-state index contributed by atoms with van der Waals surface area (Å²) in [6.45, 7) is 1.84. The summed E-state index contributed by atoms with van der Waals surface area (Å²) in [5, 5.41) is 73.0. The average molecular weight is 691 g/mol. The van der Waals surface area contributed by atoms with Crippen LogP contribution in [0.25, 0.3) is 12.2 Å². The minimum absolute atomic E-state index is 0.0857. The van der Waals surface area contributed by atoms with Gasteiger partial charge in [0.25, 0.3) is 0 Å². The number of carbonyl (C=O) groups is 3. The summed E-state index contributed by atoms with van der Waals surface area (Å²) in [4.78, 5) is 39.9. The maximum atomic E-state index is 13.5. The Balaban J connectivity index is 1.59. The highest BCUT2D eigenvalue weighted by molar-refractivity contribution is 5.89. The number of aliphatic hydroxyl groups excluding tert-OH is 1. The molecule has 7 N–H and O–H groups in total. The molecule has 1 saturated heterocycles. The van der Waals surface area contributed by atoms with E-state index in [0.717, 1.165) is 17.7 Å². The standard InChI is InChI=1S/C37H38O13/c1-2-21-4-3-5-24(16-21)17-25-34(49-32(43)12-8-22-6-10-26(38)28(40)18-22)37(30(42)14-15-48-31(37)20-36(25,47)35(45)46)50-33(44)13-9-23-7-11-27(39)29(41)19-23/h3-13,16,18-19,25,30-31,34,38-42,47H,2,14-15,17,20H2,1H3,(H,45,46)/b12-8+,13-9+/t25-,30-,31-,34-,36-,37+/m1/s1. The zero-order valence-electron chi connectivity index (χ0n) is 27.0. The second kappa shape index (κ2) is 14.6. The fraction of sp³-hybridized carbons (Fsp3) is 0.324. The summed E-state index contributed by atoms with van der Waals surface area (Å²) in [6.07, 6.45) is -0.562. The minimum atomic E-state index is -2.59. The number of hydrogen-bond acceptors (Lipinski definition) is 12. The van der Waals surface area contributed by atoms with Crippen LogP contribution in [0.4, 0.5) is 0 Å². The van der Waals surface area contributed by atoms with E-state index in [4.69, 9.17) is 14.2 Å². The highest BCUT2D eigenvalue weighted by Crippen LogP contribution is 2.50. The second-order valence-corrected chi connectivity index (χ2v) is 12.4. The Bertz CT molecular complexity index is 1820. The van der Waals surface area contributed by atoms with Gasteiger partial charge in [0.15, 0.2) is 34.7 Å². The van der Waals surface area contributed by atoms with E-state index in [9.17, 15) is 50.1 Å². The van der Waals surface area contributed by atoms with Crippen LogP contribution >= 0.6 is 0 Å². The second-order valence-electron chi connectivity index (χ2n) is 12.4. The van der Waals surface area contributed by atoms with Crippen molar-refractivity contribution in [2.45, 2.75) is 62.1 Å². The van der Waals surface area contributed by atoms with E-state index in [1.807, 2.05) is 19.1 Å². The zero-order valence-corrected chi connectivity index (χ0v) is 27.0. The Kier molecular flexibility index (Phi) is 10.5. The number of ether oxygens (including phenoxy) is 3. The molecule has 2 fully saturated rings. The van der Waals surface area contributed by atoms with Crippen LogP contribution in [-0.2, 0) is 41.4 Å². The van der Waals surface area contributed by atoms with E-state index in [1.54, 1.807) is 12.1 Å². The molecule has 6 atom stereocenters. The molecule has 13 nitrogen and oxygen atoms in total. The Morgan fingerprint density at radius 1 is 0.860 bits per heavy atom. The van der Waals surface area contributed by atoms with Crippen LogP contribution < -0.4 is 0 Å². The van der Waals surface area contributed by atoms with Gasteiger partial charge in [-0.15, -0.1) is 0 Å². The van der Waals surface area contributed by atoms with Gasteiger partial charge in [0.05, 0.1) is 0 Å². The van der Waals surface area contributed by atoms with Gasteiger partial charge in [-0.3, -0.25) is 0 Å². The van der Waals surface area contributed by atoms with E-state index in [1.165, 1.54) is 48.6 Å². The highest BCUT2D eigenvalue weighted by Gasteiger charge is 2.70. The molecule has 1 aliphatic heterocycles. The summed E-state index contributed by atoms with van der Waals surface area (Å²) in [6, 6.07) is 14.8. The van der Waals surface area contributed by atoms with E-state index < -0.39 is 71.3 Å².